The first-order valence-electron chi connectivity index (χ1n) is 5.23. The maximum Gasteiger partial charge on any atom is 0.245 e. The smallest absolute Gasteiger partial charge is 0.245 e. The van der Waals surface area contributed by atoms with Crippen LogP contribution in [-0.4, -0.2) is 9.97 Å². The lowest BCUT2D eigenvalue weighted by Gasteiger charge is -1.91. The van der Waals surface area contributed by atoms with Crippen LogP contribution in [0.25, 0.3) is 11.6 Å². The fraction of sp³-hybridized carbons (Fsp3) is 0.333. The Bertz CT molecular complexity index is 472. The Balaban J connectivity index is 2.02. The lowest BCUT2D eigenvalue weighted by Crippen LogP contribution is -1.84. The van der Waals surface area contributed by atoms with Gasteiger partial charge in [0, 0.05) is 12.1 Å². The molecule has 0 saturated heterocycles. The van der Waals surface area contributed by atoms with Crippen LogP contribution in [0.15, 0.2) is 28.8 Å². The van der Waals surface area contributed by atoms with Gasteiger partial charge in [0.25, 0.3) is 0 Å². The monoisotopic (exact) mass is 200 g/mol. The number of oxazole rings is 1. The van der Waals surface area contributed by atoms with Gasteiger partial charge in [0.2, 0.25) is 5.89 Å². The van der Waals surface area contributed by atoms with E-state index in [1.54, 1.807) is 6.20 Å². The summed E-state index contributed by atoms with van der Waals surface area (Å²) < 4.78 is 5.63. The maximum atomic E-state index is 5.63. The van der Waals surface area contributed by atoms with Gasteiger partial charge in [-0.25, -0.2) is 4.98 Å². The molecule has 3 heteroatoms. The molecule has 0 aromatic carbocycles. The van der Waals surface area contributed by atoms with E-state index < -0.39 is 0 Å². The van der Waals surface area contributed by atoms with Crippen molar-refractivity contribution in [3.63, 3.8) is 0 Å². The quantitative estimate of drug-likeness (QED) is 0.748. The Morgan fingerprint density at radius 1 is 1.33 bits per heavy atom. The van der Waals surface area contributed by atoms with E-state index in [1.165, 1.54) is 12.8 Å². The van der Waals surface area contributed by atoms with Crippen LogP contribution in [0, 0.1) is 6.92 Å². The van der Waals surface area contributed by atoms with Crippen molar-refractivity contribution in [2.75, 3.05) is 0 Å². The molecule has 0 unspecified atom stereocenters. The fourth-order valence-electron chi connectivity index (χ4n) is 1.74. The molecule has 3 rings (SSSR count). The second-order valence-corrected chi connectivity index (χ2v) is 3.95. The van der Waals surface area contributed by atoms with E-state index >= 15 is 0 Å². The van der Waals surface area contributed by atoms with E-state index in [1.807, 2.05) is 25.1 Å². The van der Waals surface area contributed by atoms with E-state index in [4.69, 9.17) is 4.42 Å². The molecule has 1 aliphatic carbocycles. The average molecular weight is 200 g/mol. The molecule has 1 saturated carbocycles. The number of aromatic nitrogens is 2. The van der Waals surface area contributed by atoms with Crippen molar-refractivity contribution in [3.8, 4) is 11.6 Å². The van der Waals surface area contributed by atoms with Gasteiger partial charge in [-0.05, 0) is 31.9 Å². The summed E-state index contributed by atoms with van der Waals surface area (Å²) in [6, 6.07) is 5.75. The highest BCUT2D eigenvalue weighted by Crippen LogP contribution is 2.41. The molecular formula is C12H12N2O. The number of hydrogen-bond donors (Lipinski definition) is 0. The Morgan fingerprint density at radius 2 is 2.20 bits per heavy atom. The summed E-state index contributed by atoms with van der Waals surface area (Å²) in [5.74, 6) is 2.22. The van der Waals surface area contributed by atoms with E-state index in [0.29, 0.717) is 11.8 Å². The second kappa shape index (κ2) is 3.19. The van der Waals surface area contributed by atoms with Crippen LogP contribution in [0.3, 0.4) is 0 Å². The van der Waals surface area contributed by atoms with Crippen LogP contribution >= 0.6 is 0 Å². The fourth-order valence-corrected chi connectivity index (χ4v) is 1.74. The average Bonchev–Trinajstić information content (AvgIpc) is 3.04. The third-order valence-electron chi connectivity index (χ3n) is 2.68. The zero-order valence-corrected chi connectivity index (χ0v) is 8.60. The van der Waals surface area contributed by atoms with Gasteiger partial charge >= 0.3 is 0 Å². The minimum atomic E-state index is 0.631. The van der Waals surface area contributed by atoms with Crippen molar-refractivity contribution in [1.29, 1.82) is 0 Å². The predicted molar refractivity (Wildman–Crippen MR) is 56.4 cm³/mol. The van der Waals surface area contributed by atoms with Crippen LogP contribution in [0.4, 0.5) is 0 Å². The minimum Gasteiger partial charge on any atom is -0.440 e. The zero-order chi connectivity index (χ0) is 10.3. The summed E-state index contributed by atoms with van der Waals surface area (Å²) in [4.78, 5) is 8.74. The van der Waals surface area contributed by atoms with E-state index in [2.05, 4.69) is 9.97 Å². The molecule has 0 N–H and O–H groups in total. The van der Waals surface area contributed by atoms with Crippen LogP contribution in [-0.2, 0) is 0 Å². The van der Waals surface area contributed by atoms with Crippen molar-refractivity contribution in [2.45, 2.75) is 25.7 Å². The first-order valence-corrected chi connectivity index (χ1v) is 5.23. The molecule has 0 spiro atoms. The Morgan fingerprint density at radius 3 is 2.87 bits per heavy atom. The summed E-state index contributed by atoms with van der Waals surface area (Å²) in [5, 5.41) is 0. The minimum absolute atomic E-state index is 0.631. The SMILES string of the molecule is Cc1oc(-c2ccccn2)nc1C1CC1. The number of pyridine rings is 1. The highest BCUT2D eigenvalue weighted by molar-refractivity contribution is 5.47. The lowest BCUT2D eigenvalue weighted by atomic mass is 10.2. The second-order valence-electron chi connectivity index (χ2n) is 3.95. The predicted octanol–water partition coefficient (Wildman–Crippen LogP) is 2.92. The molecule has 0 aliphatic heterocycles. The van der Waals surface area contributed by atoms with Gasteiger partial charge in [0.1, 0.15) is 11.5 Å². The standard InChI is InChI=1S/C12H12N2O/c1-8-11(9-5-6-9)14-12(15-8)10-4-2-3-7-13-10/h2-4,7,9H,5-6H2,1H3. The number of nitrogens with zero attached hydrogens (tertiary/aromatic N) is 2. The van der Waals surface area contributed by atoms with E-state index in [9.17, 15) is 0 Å². The van der Waals surface area contributed by atoms with Crippen molar-refractivity contribution in [3.05, 3.63) is 35.9 Å². The van der Waals surface area contributed by atoms with E-state index in [0.717, 1.165) is 17.1 Å². The Hall–Kier alpha value is -1.64. The molecule has 2 heterocycles. The van der Waals surface area contributed by atoms with Gasteiger partial charge in [-0.3, -0.25) is 4.98 Å². The van der Waals surface area contributed by atoms with Crippen molar-refractivity contribution in [1.82, 2.24) is 9.97 Å². The van der Waals surface area contributed by atoms with Gasteiger partial charge in [-0.15, -0.1) is 0 Å². The largest absolute Gasteiger partial charge is 0.440 e. The van der Waals surface area contributed by atoms with Crippen LogP contribution in [0.2, 0.25) is 0 Å². The van der Waals surface area contributed by atoms with Gasteiger partial charge in [-0.1, -0.05) is 6.07 Å². The molecule has 2 aromatic heterocycles. The molecule has 3 nitrogen and oxygen atoms in total. The molecule has 2 aromatic rings. The normalized spacial score (nSPS) is 15.5. The van der Waals surface area contributed by atoms with Crippen molar-refractivity contribution in [2.24, 2.45) is 0 Å². The molecule has 1 fully saturated rings. The van der Waals surface area contributed by atoms with Gasteiger partial charge in [0.05, 0.1) is 5.69 Å². The van der Waals surface area contributed by atoms with Crippen LogP contribution < -0.4 is 0 Å². The third-order valence-corrected chi connectivity index (χ3v) is 2.68. The zero-order valence-electron chi connectivity index (χ0n) is 8.60. The summed E-state index contributed by atoms with van der Waals surface area (Å²) in [7, 11) is 0. The highest BCUT2D eigenvalue weighted by atomic mass is 16.4. The highest BCUT2D eigenvalue weighted by Gasteiger charge is 2.29. The molecule has 0 bridgehead atoms. The van der Waals surface area contributed by atoms with Crippen LogP contribution in [0.1, 0.15) is 30.2 Å². The third kappa shape index (κ3) is 1.54. The molecule has 1 aliphatic rings. The summed E-state index contributed by atoms with van der Waals surface area (Å²) in [6.45, 7) is 1.98. The topological polar surface area (TPSA) is 38.9 Å². The molecule has 76 valence electrons. The van der Waals surface area contributed by atoms with Gasteiger partial charge < -0.3 is 4.42 Å². The molecule has 0 amide bonds. The van der Waals surface area contributed by atoms with Crippen LogP contribution in [0.5, 0.6) is 0 Å². The number of rotatable bonds is 2. The van der Waals surface area contributed by atoms with Crippen molar-refractivity contribution >= 4 is 0 Å². The molecular weight excluding hydrogens is 188 g/mol. The Labute approximate surface area is 88.2 Å². The first-order chi connectivity index (χ1) is 7.34. The van der Waals surface area contributed by atoms with Gasteiger partial charge in [0.15, 0.2) is 0 Å². The number of aryl methyl sites for hydroxylation is 1. The summed E-state index contributed by atoms with van der Waals surface area (Å²) in [5.41, 5.74) is 1.93. The summed E-state index contributed by atoms with van der Waals surface area (Å²) in [6.07, 6.45) is 4.25. The lowest BCUT2D eigenvalue weighted by molar-refractivity contribution is 0.537. The van der Waals surface area contributed by atoms with Crippen molar-refractivity contribution < 1.29 is 4.42 Å². The molecule has 0 radical (unpaired) electrons. The Kier molecular flexibility index (Phi) is 1.84. The molecule has 0 atom stereocenters. The maximum absolute atomic E-state index is 5.63. The summed E-state index contributed by atoms with van der Waals surface area (Å²) >= 11 is 0. The first kappa shape index (κ1) is 8.65. The molecule has 15 heavy (non-hydrogen) atoms. The van der Waals surface area contributed by atoms with Gasteiger partial charge in [-0.2, -0.15) is 0 Å². The van der Waals surface area contributed by atoms with E-state index in [-0.39, 0.29) is 0 Å². The number of hydrogen-bond acceptors (Lipinski definition) is 3.